The molecule has 0 aliphatic rings. The number of ether oxygens (including phenoxy) is 2. The molecule has 0 aliphatic carbocycles. The molecule has 0 radical (unpaired) electrons. The Hall–Kier alpha value is -0.670. The molecular formula is C18H32IN3O2S. The van der Waals surface area contributed by atoms with Crippen LogP contribution in [0.3, 0.4) is 0 Å². The lowest BCUT2D eigenvalue weighted by molar-refractivity contribution is 0.146. The average molecular weight is 481 g/mol. The van der Waals surface area contributed by atoms with E-state index in [0.717, 1.165) is 30.4 Å². The summed E-state index contributed by atoms with van der Waals surface area (Å²) in [6.45, 7) is 9.95. The van der Waals surface area contributed by atoms with Gasteiger partial charge in [0.1, 0.15) is 12.4 Å². The van der Waals surface area contributed by atoms with Crippen LogP contribution in [0.25, 0.3) is 0 Å². The molecule has 2 N–H and O–H groups in total. The molecule has 0 saturated heterocycles. The van der Waals surface area contributed by atoms with Gasteiger partial charge >= 0.3 is 0 Å². The number of thioether (sulfide) groups is 1. The average Bonchev–Trinajstić information content (AvgIpc) is 2.58. The van der Waals surface area contributed by atoms with Crippen molar-refractivity contribution in [2.24, 2.45) is 4.99 Å². The van der Waals surface area contributed by atoms with Crippen molar-refractivity contribution in [3.05, 3.63) is 29.8 Å². The number of guanidine groups is 1. The Morgan fingerprint density at radius 3 is 2.64 bits per heavy atom. The molecule has 0 aromatic heterocycles. The number of halogens is 1. The van der Waals surface area contributed by atoms with Crippen LogP contribution in [0, 0.1) is 0 Å². The van der Waals surface area contributed by atoms with Crippen LogP contribution in [-0.4, -0.2) is 50.4 Å². The van der Waals surface area contributed by atoms with Crippen molar-refractivity contribution < 1.29 is 9.47 Å². The smallest absolute Gasteiger partial charge is 0.191 e. The van der Waals surface area contributed by atoms with E-state index in [1.807, 2.05) is 30.0 Å². The van der Waals surface area contributed by atoms with Crippen molar-refractivity contribution in [1.82, 2.24) is 10.6 Å². The Balaban J connectivity index is 0.00000576. The van der Waals surface area contributed by atoms with Crippen molar-refractivity contribution in [1.29, 1.82) is 0 Å². The normalized spacial score (nSPS) is 11.6. The van der Waals surface area contributed by atoms with Gasteiger partial charge in [0.25, 0.3) is 0 Å². The minimum Gasteiger partial charge on any atom is -0.491 e. The zero-order valence-electron chi connectivity index (χ0n) is 15.9. The van der Waals surface area contributed by atoms with Crippen molar-refractivity contribution in [2.45, 2.75) is 32.1 Å². The Labute approximate surface area is 173 Å². The number of rotatable bonds is 10. The maximum absolute atomic E-state index is 5.64. The fourth-order valence-corrected chi connectivity index (χ4v) is 2.07. The first-order chi connectivity index (χ1) is 11.5. The van der Waals surface area contributed by atoms with Crippen LogP contribution in [0.15, 0.2) is 29.3 Å². The summed E-state index contributed by atoms with van der Waals surface area (Å²) in [4.78, 5) is 4.66. The van der Waals surface area contributed by atoms with Crippen LogP contribution in [0.4, 0.5) is 0 Å². The zero-order chi connectivity index (χ0) is 17.8. The van der Waals surface area contributed by atoms with E-state index in [0.29, 0.717) is 19.8 Å². The molecule has 0 heterocycles. The topological polar surface area (TPSA) is 54.9 Å². The fraction of sp³-hybridized carbons (Fsp3) is 0.611. The van der Waals surface area contributed by atoms with Gasteiger partial charge < -0.3 is 20.1 Å². The van der Waals surface area contributed by atoms with E-state index < -0.39 is 0 Å². The number of hydrogen-bond donors (Lipinski definition) is 2. The van der Waals surface area contributed by atoms with Gasteiger partial charge in [-0.3, -0.25) is 0 Å². The molecule has 1 aromatic rings. The number of nitrogens with one attached hydrogen (secondary N) is 2. The lowest BCUT2D eigenvalue weighted by atomic mass is 10.2. The molecular weight excluding hydrogens is 449 g/mol. The summed E-state index contributed by atoms with van der Waals surface area (Å²) in [7, 11) is 1.67. The molecule has 7 heteroatoms. The van der Waals surface area contributed by atoms with Crippen LogP contribution in [-0.2, 0) is 11.3 Å². The summed E-state index contributed by atoms with van der Waals surface area (Å²) in [5.74, 6) is 1.69. The first kappa shape index (κ1) is 24.3. The highest BCUT2D eigenvalue weighted by Gasteiger charge is 2.16. The molecule has 0 aliphatic heterocycles. The third kappa shape index (κ3) is 10.8. The van der Waals surface area contributed by atoms with Gasteiger partial charge in [-0.05, 0) is 44.7 Å². The van der Waals surface area contributed by atoms with Crippen LogP contribution in [0.5, 0.6) is 5.75 Å². The molecule has 0 atom stereocenters. The van der Waals surface area contributed by atoms with E-state index in [-0.39, 0.29) is 28.7 Å². The molecule has 25 heavy (non-hydrogen) atoms. The predicted molar refractivity (Wildman–Crippen MR) is 120 cm³/mol. The highest BCUT2D eigenvalue weighted by Crippen LogP contribution is 2.19. The molecule has 144 valence electrons. The van der Waals surface area contributed by atoms with Gasteiger partial charge in [-0.2, -0.15) is 11.8 Å². The molecule has 0 saturated carbocycles. The van der Waals surface area contributed by atoms with E-state index in [1.165, 1.54) is 0 Å². The van der Waals surface area contributed by atoms with Crippen molar-refractivity contribution in [2.75, 3.05) is 39.7 Å². The molecule has 1 aromatic carbocycles. The second kappa shape index (κ2) is 13.5. The van der Waals surface area contributed by atoms with Gasteiger partial charge in [0.15, 0.2) is 5.96 Å². The maximum atomic E-state index is 5.64. The zero-order valence-corrected chi connectivity index (χ0v) is 19.1. The number of methoxy groups -OCH3 is 1. The first-order valence-electron chi connectivity index (χ1n) is 8.28. The molecule has 5 nitrogen and oxygen atoms in total. The number of nitrogens with zero attached hydrogens (tertiary/aromatic N) is 1. The third-order valence-corrected chi connectivity index (χ3v) is 4.70. The van der Waals surface area contributed by atoms with Crippen LogP contribution in [0.2, 0.25) is 0 Å². The van der Waals surface area contributed by atoms with Gasteiger partial charge in [-0.15, -0.1) is 24.0 Å². The summed E-state index contributed by atoms with van der Waals surface area (Å²) in [6, 6.07) is 8.02. The number of benzene rings is 1. The van der Waals surface area contributed by atoms with Crippen LogP contribution >= 0.6 is 35.7 Å². The second-order valence-electron chi connectivity index (χ2n) is 6.00. The monoisotopic (exact) mass is 481 g/mol. The van der Waals surface area contributed by atoms with E-state index in [9.17, 15) is 0 Å². The van der Waals surface area contributed by atoms with Crippen LogP contribution in [0.1, 0.15) is 26.3 Å². The van der Waals surface area contributed by atoms with Gasteiger partial charge in [-0.25, -0.2) is 4.99 Å². The predicted octanol–water partition coefficient (Wildman–Crippen LogP) is 3.53. The lowest BCUT2D eigenvalue weighted by Crippen LogP contribution is -2.43. The Bertz CT molecular complexity index is 513. The first-order valence-corrected chi connectivity index (χ1v) is 9.51. The standard InChI is InChI=1S/C18H31N3O2S.HI/c1-6-19-17(21-14-18(2,3)24-5)20-13-15-8-7-9-16(12-15)23-11-10-22-4;/h7-9,12H,6,10-11,13-14H2,1-5H3,(H2,19,20,21);1H. The van der Waals surface area contributed by atoms with Gasteiger partial charge in [0, 0.05) is 24.9 Å². The van der Waals surface area contributed by atoms with Crippen molar-refractivity contribution in [3.8, 4) is 5.75 Å². The summed E-state index contributed by atoms with van der Waals surface area (Å²) in [5, 5.41) is 6.70. The largest absolute Gasteiger partial charge is 0.491 e. The van der Waals surface area contributed by atoms with Crippen molar-refractivity contribution >= 4 is 41.7 Å². The molecule has 0 amide bonds. The molecule has 0 bridgehead atoms. The van der Waals surface area contributed by atoms with E-state index in [2.05, 4.69) is 48.7 Å². The summed E-state index contributed by atoms with van der Waals surface area (Å²) < 4.78 is 10.8. The summed E-state index contributed by atoms with van der Waals surface area (Å²) >= 11 is 1.84. The Morgan fingerprint density at radius 2 is 2.00 bits per heavy atom. The lowest BCUT2D eigenvalue weighted by Gasteiger charge is -2.23. The molecule has 0 unspecified atom stereocenters. The molecule has 1 rings (SSSR count). The quantitative estimate of drug-likeness (QED) is 0.232. The summed E-state index contributed by atoms with van der Waals surface area (Å²) in [6.07, 6.45) is 2.13. The van der Waals surface area contributed by atoms with E-state index >= 15 is 0 Å². The number of aliphatic imine (C=N–C) groups is 1. The Kier molecular flexibility index (Phi) is 13.2. The number of hydrogen-bond acceptors (Lipinski definition) is 4. The van der Waals surface area contributed by atoms with Gasteiger partial charge in [0.2, 0.25) is 0 Å². The minimum atomic E-state index is 0. The Morgan fingerprint density at radius 1 is 1.24 bits per heavy atom. The summed E-state index contributed by atoms with van der Waals surface area (Å²) in [5.41, 5.74) is 1.12. The van der Waals surface area contributed by atoms with Gasteiger partial charge in [-0.1, -0.05) is 12.1 Å². The maximum Gasteiger partial charge on any atom is 0.191 e. The highest BCUT2D eigenvalue weighted by atomic mass is 127. The highest BCUT2D eigenvalue weighted by molar-refractivity contribution is 14.0. The van der Waals surface area contributed by atoms with E-state index in [4.69, 9.17) is 9.47 Å². The second-order valence-corrected chi connectivity index (χ2v) is 7.51. The SMILES string of the molecule is CCNC(=NCc1cccc(OCCOC)c1)NCC(C)(C)SC.I. The van der Waals surface area contributed by atoms with E-state index in [1.54, 1.807) is 7.11 Å². The molecule has 0 spiro atoms. The molecule has 0 fully saturated rings. The third-order valence-electron chi connectivity index (χ3n) is 3.45. The fourth-order valence-electron chi connectivity index (χ4n) is 1.86. The van der Waals surface area contributed by atoms with Gasteiger partial charge in [0.05, 0.1) is 13.2 Å². The van der Waals surface area contributed by atoms with Crippen LogP contribution < -0.4 is 15.4 Å². The minimum absolute atomic E-state index is 0. The van der Waals surface area contributed by atoms with Crippen molar-refractivity contribution in [3.63, 3.8) is 0 Å².